The fourth-order valence-electron chi connectivity index (χ4n) is 3.22. The first-order valence-corrected chi connectivity index (χ1v) is 10.0. The minimum absolute atomic E-state index is 0.0114. The number of sulfone groups is 1. The standard InChI is InChI=1S/C18H28N2O4S/c1-17(2,3)11-18(4,5)13-6-8-14(9-7-13)23-12-25(21,22)15-10-20-16(19)24-15/h6-9,15H,10-12H2,1-5H3,(H2,19,20). The number of nitrogens with two attached hydrogens (primary N) is 1. The highest BCUT2D eigenvalue weighted by Gasteiger charge is 2.32. The van der Waals surface area contributed by atoms with Crippen molar-refractivity contribution in [3.63, 3.8) is 0 Å². The van der Waals surface area contributed by atoms with Crippen molar-refractivity contribution in [3.05, 3.63) is 29.8 Å². The van der Waals surface area contributed by atoms with Crippen LogP contribution in [0.1, 0.15) is 46.6 Å². The average Bonchev–Trinajstić information content (AvgIpc) is 2.91. The van der Waals surface area contributed by atoms with Crippen LogP contribution in [0, 0.1) is 5.41 Å². The summed E-state index contributed by atoms with van der Waals surface area (Å²) >= 11 is 0. The van der Waals surface area contributed by atoms with Crippen LogP contribution in [0.25, 0.3) is 0 Å². The van der Waals surface area contributed by atoms with E-state index < -0.39 is 21.2 Å². The lowest BCUT2D eigenvalue weighted by Crippen LogP contribution is -2.30. The van der Waals surface area contributed by atoms with E-state index in [9.17, 15) is 8.42 Å². The third kappa shape index (κ3) is 5.36. The number of benzene rings is 1. The molecule has 25 heavy (non-hydrogen) atoms. The molecule has 0 fully saturated rings. The fraction of sp³-hybridized carbons (Fsp3) is 0.611. The first-order chi connectivity index (χ1) is 11.4. The largest absolute Gasteiger partial charge is 0.478 e. The van der Waals surface area contributed by atoms with Gasteiger partial charge in [0.25, 0.3) is 6.02 Å². The number of rotatable bonds is 6. The minimum Gasteiger partial charge on any atom is -0.478 e. The molecule has 1 atom stereocenters. The number of nitrogens with zero attached hydrogens (tertiary/aromatic N) is 1. The van der Waals surface area contributed by atoms with Gasteiger partial charge in [-0.05, 0) is 34.9 Å². The Labute approximate surface area is 150 Å². The third-order valence-electron chi connectivity index (χ3n) is 4.05. The number of hydrogen-bond acceptors (Lipinski definition) is 6. The lowest BCUT2D eigenvalue weighted by Gasteiger charge is -2.33. The van der Waals surface area contributed by atoms with E-state index in [1.54, 1.807) is 12.1 Å². The summed E-state index contributed by atoms with van der Waals surface area (Å²) in [6.07, 6.45) is 1.04. The Bertz CT molecular complexity index is 731. The number of hydrogen-bond donors (Lipinski definition) is 1. The highest BCUT2D eigenvalue weighted by atomic mass is 32.2. The average molecular weight is 368 g/mol. The molecule has 1 aliphatic heterocycles. The summed E-state index contributed by atoms with van der Waals surface area (Å²) in [6.45, 7) is 11.1. The van der Waals surface area contributed by atoms with Gasteiger partial charge in [-0.2, -0.15) is 0 Å². The molecule has 0 radical (unpaired) electrons. The monoisotopic (exact) mass is 368 g/mol. The van der Waals surface area contributed by atoms with Crippen LogP contribution in [-0.4, -0.2) is 32.4 Å². The zero-order valence-corrected chi connectivity index (χ0v) is 16.4. The van der Waals surface area contributed by atoms with Crippen LogP contribution in [0.3, 0.4) is 0 Å². The Hall–Kier alpha value is -1.76. The highest BCUT2D eigenvalue weighted by Crippen LogP contribution is 2.36. The van der Waals surface area contributed by atoms with E-state index in [4.69, 9.17) is 15.2 Å². The Balaban J connectivity index is 1.99. The third-order valence-corrected chi connectivity index (χ3v) is 5.54. The SMILES string of the molecule is CC(C)(C)CC(C)(C)c1ccc(OCS(=O)(=O)C2CN=C(N)O2)cc1. The van der Waals surface area contributed by atoms with Crippen molar-refractivity contribution in [2.24, 2.45) is 16.1 Å². The van der Waals surface area contributed by atoms with Crippen LogP contribution in [0.4, 0.5) is 0 Å². The van der Waals surface area contributed by atoms with E-state index >= 15 is 0 Å². The van der Waals surface area contributed by atoms with Crippen molar-refractivity contribution in [1.29, 1.82) is 0 Å². The molecule has 2 N–H and O–H groups in total. The molecule has 1 aromatic rings. The van der Waals surface area contributed by atoms with E-state index in [1.165, 1.54) is 5.56 Å². The van der Waals surface area contributed by atoms with Gasteiger partial charge in [0.05, 0.1) is 6.54 Å². The van der Waals surface area contributed by atoms with Gasteiger partial charge in [0.15, 0.2) is 5.94 Å². The van der Waals surface area contributed by atoms with Gasteiger partial charge in [0.2, 0.25) is 15.3 Å². The molecule has 0 saturated carbocycles. The van der Waals surface area contributed by atoms with Crippen LogP contribution in [0.15, 0.2) is 29.3 Å². The van der Waals surface area contributed by atoms with E-state index in [2.05, 4.69) is 39.6 Å². The molecular weight excluding hydrogens is 340 g/mol. The zero-order chi connectivity index (χ0) is 18.9. The fourth-order valence-corrected chi connectivity index (χ4v) is 4.22. The van der Waals surface area contributed by atoms with Crippen molar-refractivity contribution in [2.45, 2.75) is 51.9 Å². The molecule has 1 heterocycles. The molecule has 0 spiro atoms. The molecule has 7 heteroatoms. The van der Waals surface area contributed by atoms with Gasteiger partial charge < -0.3 is 15.2 Å². The van der Waals surface area contributed by atoms with Gasteiger partial charge in [-0.25, -0.2) is 13.4 Å². The smallest absolute Gasteiger partial charge is 0.283 e. The lowest BCUT2D eigenvalue weighted by molar-refractivity contribution is 0.282. The van der Waals surface area contributed by atoms with Crippen molar-refractivity contribution < 1.29 is 17.9 Å². The zero-order valence-electron chi connectivity index (χ0n) is 15.6. The molecule has 140 valence electrons. The van der Waals surface area contributed by atoms with Gasteiger partial charge in [-0.15, -0.1) is 0 Å². The Morgan fingerprint density at radius 2 is 1.80 bits per heavy atom. The number of amidine groups is 1. The summed E-state index contributed by atoms with van der Waals surface area (Å²) in [7, 11) is -3.59. The molecule has 1 aromatic carbocycles. The van der Waals surface area contributed by atoms with Gasteiger partial charge in [-0.1, -0.05) is 46.8 Å². The molecule has 1 aliphatic rings. The summed E-state index contributed by atoms with van der Waals surface area (Å²) in [4.78, 5) is 3.74. The highest BCUT2D eigenvalue weighted by molar-refractivity contribution is 7.91. The first-order valence-electron chi connectivity index (χ1n) is 8.31. The summed E-state index contributed by atoms with van der Waals surface area (Å²) in [5.74, 6) is 0.0383. The normalized spacial score (nSPS) is 18.6. The topological polar surface area (TPSA) is 91.0 Å². The summed E-state index contributed by atoms with van der Waals surface area (Å²) in [5, 5.41) is 0. The second kappa shape index (κ2) is 6.86. The van der Waals surface area contributed by atoms with Gasteiger partial charge in [0.1, 0.15) is 5.75 Å². The predicted octanol–water partition coefficient (Wildman–Crippen LogP) is 2.82. The van der Waals surface area contributed by atoms with Crippen molar-refractivity contribution in [1.82, 2.24) is 0 Å². The number of aliphatic imine (C=N–C) groups is 1. The summed E-state index contributed by atoms with van der Waals surface area (Å²) in [5.41, 5.74) is 5.73. The molecule has 0 aliphatic carbocycles. The molecule has 0 bridgehead atoms. The maximum absolute atomic E-state index is 12.2. The second-order valence-electron chi connectivity index (χ2n) is 8.30. The first kappa shape index (κ1) is 19.6. The molecule has 0 aromatic heterocycles. The van der Waals surface area contributed by atoms with E-state index in [0.29, 0.717) is 5.75 Å². The van der Waals surface area contributed by atoms with E-state index in [0.717, 1.165) is 6.42 Å². The molecule has 6 nitrogen and oxygen atoms in total. The van der Waals surface area contributed by atoms with Gasteiger partial charge in [0, 0.05) is 0 Å². The molecule has 1 unspecified atom stereocenters. The van der Waals surface area contributed by atoms with Gasteiger partial charge in [-0.3, -0.25) is 0 Å². The molecule has 0 saturated heterocycles. The van der Waals surface area contributed by atoms with Gasteiger partial charge >= 0.3 is 0 Å². The van der Waals surface area contributed by atoms with Crippen LogP contribution in [-0.2, 0) is 20.0 Å². The van der Waals surface area contributed by atoms with E-state index in [1.807, 2.05) is 12.1 Å². The Morgan fingerprint density at radius 3 is 2.28 bits per heavy atom. The van der Waals surface area contributed by atoms with Crippen molar-refractivity contribution in [2.75, 3.05) is 12.5 Å². The summed E-state index contributed by atoms with van der Waals surface area (Å²) < 4.78 is 34.7. The predicted molar refractivity (Wildman–Crippen MR) is 99.3 cm³/mol. The minimum atomic E-state index is -3.59. The van der Waals surface area contributed by atoms with Crippen LogP contribution in [0.2, 0.25) is 0 Å². The van der Waals surface area contributed by atoms with Crippen LogP contribution < -0.4 is 10.5 Å². The molecule has 2 rings (SSSR count). The van der Waals surface area contributed by atoms with Crippen molar-refractivity contribution in [3.8, 4) is 5.75 Å². The van der Waals surface area contributed by atoms with Crippen LogP contribution in [0.5, 0.6) is 5.75 Å². The lowest BCUT2D eigenvalue weighted by atomic mass is 9.72. The van der Waals surface area contributed by atoms with E-state index in [-0.39, 0.29) is 23.4 Å². The molecular formula is C18H28N2O4S. The Morgan fingerprint density at radius 1 is 1.20 bits per heavy atom. The number of ether oxygens (including phenoxy) is 2. The summed E-state index contributed by atoms with van der Waals surface area (Å²) in [6, 6.07) is 7.48. The molecule has 0 amide bonds. The second-order valence-corrected chi connectivity index (χ2v) is 10.4. The Kier molecular flexibility index (Phi) is 5.37. The maximum Gasteiger partial charge on any atom is 0.283 e. The van der Waals surface area contributed by atoms with Crippen molar-refractivity contribution >= 4 is 15.9 Å². The maximum atomic E-state index is 12.2. The quantitative estimate of drug-likeness (QED) is 0.834. The van der Waals surface area contributed by atoms with Crippen LogP contribution >= 0.6 is 0 Å².